The van der Waals surface area contributed by atoms with Gasteiger partial charge in [0.25, 0.3) is 0 Å². The molecule has 0 aromatic heterocycles. The zero-order valence-corrected chi connectivity index (χ0v) is 12.6. The van der Waals surface area contributed by atoms with E-state index in [9.17, 15) is 19.8 Å². The molecule has 2 N–H and O–H groups in total. The molecule has 2 atom stereocenters. The van der Waals surface area contributed by atoms with Gasteiger partial charge < -0.3 is 14.9 Å². The fraction of sp³-hybridized carbons (Fsp3) is 0.875. The third-order valence-electron chi connectivity index (χ3n) is 6.14. The molecule has 4 saturated carbocycles. The molecule has 22 heavy (non-hydrogen) atoms. The Labute approximate surface area is 129 Å². The maximum Gasteiger partial charge on any atom is 0.413 e. The lowest BCUT2D eigenvalue weighted by molar-refractivity contribution is -0.152. The molecular weight excluding hydrogens is 286 g/mol. The summed E-state index contributed by atoms with van der Waals surface area (Å²) in [7, 11) is 0. The summed E-state index contributed by atoms with van der Waals surface area (Å²) in [6, 6.07) is -0.962. The number of aliphatic hydroxyl groups is 1. The normalized spacial score (nSPS) is 46.0. The number of hydrogen-bond acceptors (Lipinski definition) is 4. The van der Waals surface area contributed by atoms with Gasteiger partial charge >= 0.3 is 12.1 Å². The molecule has 5 aliphatic rings. The number of ether oxygens (including phenoxy) is 1. The number of aliphatic hydroxyl groups excluding tert-OH is 1. The minimum atomic E-state index is -1.07. The SMILES string of the molecule is O=C(O)C1CCC(O)N1C(=O)OC12CC3CC(CC(C3)C1)C2. The van der Waals surface area contributed by atoms with Crippen molar-refractivity contribution in [1.29, 1.82) is 0 Å². The molecule has 5 rings (SSSR count). The number of amides is 1. The molecule has 1 amide bonds. The lowest BCUT2D eigenvalue weighted by atomic mass is 9.54. The average Bonchev–Trinajstić information content (AvgIpc) is 2.78. The van der Waals surface area contributed by atoms with Gasteiger partial charge in [0.15, 0.2) is 0 Å². The van der Waals surface area contributed by atoms with E-state index in [2.05, 4.69) is 0 Å². The molecule has 122 valence electrons. The van der Waals surface area contributed by atoms with E-state index >= 15 is 0 Å². The van der Waals surface area contributed by atoms with Crippen molar-refractivity contribution >= 4 is 12.1 Å². The van der Waals surface area contributed by atoms with Crippen LogP contribution in [0.5, 0.6) is 0 Å². The van der Waals surface area contributed by atoms with E-state index < -0.39 is 29.9 Å². The topological polar surface area (TPSA) is 87.1 Å². The van der Waals surface area contributed by atoms with Crippen LogP contribution < -0.4 is 0 Å². The largest absolute Gasteiger partial charge is 0.480 e. The number of carboxylic acid groups (broad SMARTS) is 1. The molecule has 0 spiro atoms. The summed E-state index contributed by atoms with van der Waals surface area (Å²) in [6.45, 7) is 0. The van der Waals surface area contributed by atoms with E-state index in [4.69, 9.17) is 4.74 Å². The smallest absolute Gasteiger partial charge is 0.413 e. The molecule has 1 saturated heterocycles. The van der Waals surface area contributed by atoms with E-state index in [1.165, 1.54) is 19.3 Å². The van der Waals surface area contributed by atoms with Crippen LogP contribution in [0.2, 0.25) is 0 Å². The van der Waals surface area contributed by atoms with Gasteiger partial charge in [-0.25, -0.2) is 9.59 Å². The Hall–Kier alpha value is -1.30. The van der Waals surface area contributed by atoms with Gasteiger partial charge in [0.1, 0.15) is 17.9 Å². The Kier molecular flexibility index (Phi) is 3.15. The molecule has 2 unspecified atom stereocenters. The molecule has 5 fully saturated rings. The predicted molar refractivity (Wildman–Crippen MR) is 75.9 cm³/mol. The van der Waals surface area contributed by atoms with Crippen molar-refractivity contribution in [3.63, 3.8) is 0 Å². The van der Waals surface area contributed by atoms with Gasteiger partial charge in [0.05, 0.1) is 0 Å². The van der Waals surface area contributed by atoms with Gasteiger partial charge in [-0.1, -0.05) is 0 Å². The van der Waals surface area contributed by atoms with Gasteiger partial charge in [-0.15, -0.1) is 0 Å². The number of likely N-dealkylation sites (tertiary alicyclic amines) is 1. The fourth-order valence-electron chi connectivity index (χ4n) is 5.68. The monoisotopic (exact) mass is 309 g/mol. The van der Waals surface area contributed by atoms with Crippen LogP contribution in [0.4, 0.5) is 4.79 Å². The summed E-state index contributed by atoms with van der Waals surface area (Å²) in [6.07, 6.45) is 5.38. The maximum atomic E-state index is 12.5. The van der Waals surface area contributed by atoms with E-state index in [1.807, 2.05) is 0 Å². The first kappa shape index (κ1) is 14.3. The highest BCUT2D eigenvalue weighted by Crippen LogP contribution is 2.57. The van der Waals surface area contributed by atoms with Crippen LogP contribution in [0.1, 0.15) is 51.4 Å². The van der Waals surface area contributed by atoms with Gasteiger partial charge in [0, 0.05) is 0 Å². The number of carbonyl (C=O) groups is 2. The van der Waals surface area contributed by atoms with Crippen molar-refractivity contribution in [1.82, 2.24) is 4.90 Å². The predicted octanol–water partition coefficient (Wildman–Crippen LogP) is 1.96. The van der Waals surface area contributed by atoms with Crippen molar-refractivity contribution in [3.05, 3.63) is 0 Å². The number of rotatable bonds is 2. The number of hydrogen-bond donors (Lipinski definition) is 2. The maximum absolute atomic E-state index is 12.5. The summed E-state index contributed by atoms with van der Waals surface area (Å²) >= 11 is 0. The Bertz CT molecular complexity index is 469. The second-order valence-electron chi connectivity index (χ2n) is 7.79. The van der Waals surface area contributed by atoms with Crippen molar-refractivity contribution in [2.45, 2.75) is 69.2 Å². The molecule has 4 aliphatic carbocycles. The Balaban J connectivity index is 1.51. The molecule has 1 heterocycles. The number of carbonyl (C=O) groups excluding carboxylic acids is 1. The fourth-order valence-corrected chi connectivity index (χ4v) is 5.68. The minimum Gasteiger partial charge on any atom is -0.480 e. The zero-order chi connectivity index (χ0) is 15.5. The Morgan fingerprint density at radius 2 is 1.55 bits per heavy atom. The zero-order valence-electron chi connectivity index (χ0n) is 12.6. The van der Waals surface area contributed by atoms with Gasteiger partial charge in [-0.2, -0.15) is 0 Å². The van der Waals surface area contributed by atoms with Crippen LogP contribution in [0.3, 0.4) is 0 Å². The molecular formula is C16H23NO5. The van der Waals surface area contributed by atoms with Crippen molar-refractivity contribution in [2.75, 3.05) is 0 Å². The quantitative estimate of drug-likeness (QED) is 0.814. The van der Waals surface area contributed by atoms with Crippen LogP contribution in [-0.2, 0) is 9.53 Å². The number of aliphatic carboxylic acids is 1. The third kappa shape index (κ3) is 2.19. The van der Waals surface area contributed by atoms with Crippen LogP contribution in [0, 0.1) is 17.8 Å². The highest BCUT2D eigenvalue weighted by molar-refractivity contribution is 5.81. The first-order valence-electron chi connectivity index (χ1n) is 8.38. The highest BCUT2D eigenvalue weighted by Gasteiger charge is 2.54. The van der Waals surface area contributed by atoms with E-state index in [0.29, 0.717) is 24.2 Å². The Morgan fingerprint density at radius 1 is 1.00 bits per heavy atom. The van der Waals surface area contributed by atoms with Crippen molar-refractivity contribution in [2.24, 2.45) is 17.8 Å². The van der Waals surface area contributed by atoms with Crippen LogP contribution in [0.15, 0.2) is 0 Å². The van der Waals surface area contributed by atoms with Crippen LogP contribution >= 0.6 is 0 Å². The first-order valence-corrected chi connectivity index (χ1v) is 8.38. The summed E-state index contributed by atoms with van der Waals surface area (Å²) in [5.74, 6) is 0.882. The number of nitrogens with zero attached hydrogens (tertiary/aromatic N) is 1. The second-order valence-corrected chi connectivity index (χ2v) is 7.79. The van der Waals surface area contributed by atoms with Crippen molar-refractivity contribution in [3.8, 4) is 0 Å². The standard InChI is InChI=1S/C16H23NO5/c18-13-2-1-12(14(19)20)17(13)15(21)22-16-6-9-3-10(7-16)5-11(4-9)8-16/h9-13,18H,1-8H2,(H,19,20). The molecule has 0 aromatic rings. The van der Waals surface area contributed by atoms with Gasteiger partial charge in [-0.05, 0) is 69.1 Å². The van der Waals surface area contributed by atoms with Crippen molar-refractivity contribution < 1.29 is 24.5 Å². The molecule has 4 bridgehead atoms. The summed E-state index contributed by atoms with van der Waals surface area (Å²) in [4.78, 5) is 24.8. The minimum absolute atomic E-state index is 0.284. The molecule has 0 aromatic carbocycles. The molecule has 6 nitrogen and oxygen atoms in total. The van der Waals surface area contributed by atoms with E-state index in [-0.39, 0.29) is 6.42 Å². The molecule has 0 radical (unpaired) electrons. The summed E-state index contributed by atoms with van der Waals surface area (Å²) in [5, 5.41) is 19.2. The molecule has 6 heteroatoms. The van der Waals surface area contributed by atoms with Gasteiger partial charge in [-0.3, -0.25) is 4.90 Å². The van der Waals surface area contributed by atoms with Crippen LogP contribution in [0.25, 0.3) is 0 Å². The Morgan fingerprint density at radius 3 is 2.05 bits per heavy atom. The van der Waals surface area contributed by atoms with Crippen LogP contribution in [-0.4, -0.2) is 45.0 Å². The second kappa shape index (κ2) is 4.85. The lowest BCUT2D eigenvalue weighted by Crippen LogP contribution is -2.55. The lowest BCUT2D eigenvalue weighted by Gasteiger charge is -2.55. The molecule has 1 aliphatic heterocycles. The van der Waals surface area contributed by atoms with Gasteiger partial charge in [0.2, 0.25) is 0 Å². The van der Waals surface area contributed by atoms with E-state index in [0.717, 1.165) is 24.2 Å². The third-order valence-corrected chi connectivity index (χ3v) is 6.14. The first-order chi connectivity index (χ1) is 10.5. The van der Waals surface area contributed by atoms with E-state index in [1.54, 1.807) is 0 Å². The summed E-state index contributed by atoms with van der Waals surface area (Å²) in [5.41, 5.74) is -0.406. The number of carboxylic acids is 1. The summed E-state index contributed by atoms with van der Waals surface area (Å²) < 4.78 is 5.85. The average molecular weight is 309 g/mol. The highest BCUT2D eigenvalue weighted by atomic mass is 16.6.